The number of anilines is 1. The lowest BCUT2D eigenvalue weighted by Crippen LogP contribution is -2.25. The summed E-state index contributed by atoms with van der Waals surface area (Å²) >= 11 is 0. The number of aromatic nitrogens is 2. The molecule has 0 spiro atoms. The monoisotopic (exact) mass is 389 g/mol. The van der Waals surface area contributed by atoms with Crippen molar-refractivity contribution in [2.45, 2.75) is 13.8 Å². The van der Waals surface area contributed by atoms with E-state index in [4.69, 9.17) is 4.42 Å². The number of amides is 2. The van der Waals surface area contributed by atoms with Gasteiger partial charge >= 0.3 is 0 Å². The predicted octanol–water partition coefficient (Wildman–Crippen LogP) is 2.31. The van der Waals surface area contributed by atoms with Crippen LogP contribution in [0.4, 0.5) is 5.82 Å². The van der Waals surface area contributed by atoms with Gasteiger partial charge in [0.15, 0.2) is 11.2 Å². The number of para-hydroxylation sites is 1. The second-order valence-corrected chi connectivity index (χ2v) is 6.40. The number of nitrogens with zero attached hydrogens (tertiary/aromatic N) is 4. The Morgan fingerprint density at radius 2 is 1.90 bits per heavy atom. The summed E-state index contributed by atoms with van der Waals surface area (Å²) < 4.78 is 6.79. The minimum Gasteiger partial charge on any atom is -0.451 e. The van der Waals surface area contributed by atoms with Crippen molar-refractivity contribution in [2.24, 2.45) is 9.98 Å². The third-order valence-corrected chi connectivity index (χ3v) is 4.29. The molecule has 1 N–H and O–H groups in total. The van der Waals surface area contributed by atoms with Crippen molar-refractivity contribution in [2.75, 3.05) is 5.32 Å². The van der Waals surface area contributed by atoms with Crippen molar-refractivity contribution in [3.63, 3.8) is 0 Å². The van der Waals surface area contributed by atoms with Gasteiger partial charge in [0.1, 0.15) is 11.4 Å². The smallest absolute Gasteiger partial charge is 0.292 e. The molecule has 3 heterocycles. The van der Waals surface area contributed by atoms with Crippen molar-refractivity contribution < 1.29 is 14.0 Å². The van der Waals surface area contributed by atoms with E-state index in [0.29, 0.717) is 22.4 Å². The zero-order valence-corrected chi connectivity index (χ0v) is 15.6. The second kappa shape index (κ2) is 6.79. The van der Waals surface area contributed by atoms with Crippen LogP contribution in [0.3, 0.4) is 0 Å². The molecular weight excluding hydrogens is 374 g/mol. The highest BCUT2D eigenvalue weighted by atomic mass is 16.3. The molecule has 1 aromatic carbocycles. The van der Waals surface area contributed by atoms with E-state index in [1.54, 1.807) is 44.2 Å². The highest BCUT2D eigenvalue weighted by Crippen LogP contribution is 2.17. The number of aryl methyl sites for hydroxylation is 1. The fourth-order valence-corrected chi connectivity index (χ4v) is 2.78. The molecule has 0 atom stereocenters. The number of rotatable bonds is 2. The summed E-state index contributed by atoms with van der Waals surface area (Å²) in [6, 6.07) is 9.35. The summed E-state index contributed by atoms with van der Waals surface area (Å²) in [6.07, 6.45) is 0. The fraction of sp³-hybridized carbons (Fsp3) is 0.100. The average molecular weight is 389 g/mol. The molecule has 2 amide bonds. The Morgan fingerprint density at radius 3 is 2.66 bits per heavy atom. The van der Waals surface area contributed by atoms with E-state index in [0.717, 1.165) is 6.07 Å². The molecule has 144 valence electrons. The zero-order valence-electron chi connectivity index (χ0n) is 15.6. The van der Waals surface area contributed by atoms with Crippen LogP contribution in [0.5, 0.6) is 0 Å². The number of aliphatic imine (C=N–C) groups is 2. The second-order valence-electron chi connectivity index (χ2n) is 6.40. The van der Waals surface area contributed by atoms with Gasteiger partial charge in [-0.05, 0) is 26.0 Å². The minimum atomic E-state index is -0.651. The van der Waals surface area contributed by atoms with Gasteiger partial charge in [-0.1, -0.05) is 18.7 Å². The summed E-state index contributed by atoms with van der Waals surface area (Å²) in [5, 5.41) is 7.23. The maximum Gasteiger partial charge on any atom is 0.292 e. The molecule has 0 saturated carbocycles. The standard InChI is InChI=1S/C20H15N5O4/c1-10-8-17(25(24-10)20-21-12(3)11(2)18(27)23-20)22-19(28)16-9-14(26)13-6-4-5-7-15(13)29-16/h4-9H,2H2,1,3H3,(H,22,28). The van der Waals surface area contributed by atoms with Gasteiger partial charge < -0.3 is 9.73 Å². The molecule has 9 heteroatoms. The molecular formula is C20H15N5O4. The van der Waals surface area contributed by atoms with Crippen LogP contribution in [0, 0.1) is 6.92 Å². The van der Waals surface area contributed by atoms with Crippen LogP contribution in [0.2, 0.25) is 0 Å². The molecule has 0 aliphatic carbocycles. The van der Waals surface area contributed by atoms with Crippen molar-refractivity contribution in [1.29, 1.82) is 0 Å². The fourth-order valence-electron chi connectivity index (χ4n) is 2.78. The lowest BCUT2D eigenvalue weighted by Gasteiger charge is -2.12. The number of carbonyl (C=O) groups excluding carboxylic acids is 2. The first kappa shape index (κ1) is 18.2. The maximum absolute atomic E-state index is 12.7. The first-order valence-electron chi connectivity index (χ1n) is 8.62. The molecule has 0 saturated heterocycles. The lowest BCUT2D eigenvalue weighted by atomic mass is 10.2. The summed E-state index contributed by atoms with van der Waals surface area (Å²) in [5.41, 5.74) is 1.14. The summed E-state index contributed by atoms with van der Waals surface area (Å²) in [5.74, 6) is -1.11. The Hall–Kier alpha value is -4.14. The van der Waals surface area contributed by atoms with Gasteiger partial charge in [-0.25, -0.2) is 4.99 Å². The maximum atomic E-state index is 12.7. The Bertz CT molecular complexity index is 1330. The van der Waals surface area contributed by atoms with E-state index in [9.17, 15) is 14.4 Å². The van der Waals surface area contributed by atoms with Crippen molar-refractivity contribution in [3.05, 3.63) is 70.2 Å². The van der Waals surface area contributed by atoms with Gasteiger partial charge in [0.2, 0.25) is 0 Å². The first-order valence-corrected chi connectivity index (χ1v) is 8.62. The van der Waals surface area contributed by atoms with Crippen LogP contribution >= 0.6 is 0 Å². The van der Waals surface area contributed by atoms with Gasteiger partial charge in [0, 0.05) is 12.1 Å². The van der Waals surface area contributed by atoms with Crippen LogP contribution in [-0.4, -0.2) is 33.3 Å². The number of benzene rings is 1. The molecule has 29 heavy (non-hydrogen) atoms. The molecule has 0 radical (unpaired) electrons. The van der Waals surface area contributed by atoms with E-state index in [2.05, 4.69) is 27.0 Å². The number of hydrogen-bond donors (Lipinski definition) is 1. The quantitative estimate of drug-likeness (QED) is 0.675. The van der Waals surface area contributed by atoms with Gasteiger partial charge in [0.25, 0.3) is 17.8 Å². The van der Waals surface area contributed by atoms with Crippen molar-refractivity contribution in [1.82, 2.24) is 9.78 Å². The van der Waals surface area contributed by atoms with E-state index < -0.39 is 11.8 Å². The van der Waals surface area contributed by atoms with E-state index in [1.165, 1.54) is 4.68 Å². The average Bonchev–Trinajstić information content (AvgIpc) is 3.05. The number of carbonyl (C=O) groups is 2. The third kappa shape index (κ3) is 3.29. The van der Waals surface area contributed by atoms with E-state index >= 15 is 0 Å². The zero-order chi connectivity index (χ0) is 20.7. The number of hydrogen-bond acceptors (Lipinski definition) is 6. The molecule has 1 aliphatic rings. The van der Waals surface area contributed by atoms with E-state index in [-0.39, 0.29) is 28.5 Å². The SMILES string of the molecule is C=C1C(=O)N=C(n2nc(C)cc2NC(=O)c2cc(=O)c3ccccc3o2)N=C1C. The Balaban J connectivity index is 1.70. The molecule has 9 nitrogen and oxygen atoms in total. The predicted molar refractivity (Wildman–Crippen MR) is 107 cm³/mol. The Labute approximate surface area is 164 Å². The van der Waals surface area contributed by atoms with Crippen LogP contribution in [0.25, 0.3) is 11.0 Å². The van der Waals surface area contributed by atoms with Gasteiger partial charge in [-0.3, -0.25) is 14.4 Å². The Kier molecular flexibility index (Phi) is 4.27. The first-order chi connectivity index (χ1) is 13.8. The Morgan fingerprint density at radius 1 is 1.14 bits per heavy atom. The summed E-state index contributed by atoms with van der Waals surface area (Å²) in [4.78, 5) is 45.0. The van der Waals surface area contributed by atoms with Crippen LogP contribution in [0.15, 0.2) is 67.7 Å². The topological polar surface area (TPSA) is 119 Å². The van der Waals surface area contributed by atoms with Crippen LogP contribution in [0.1, 0.15) is 23.2 Å². The number of nitrogens with one attached hydrogen (secondary N) is 1. The van der Waals surface area contributed by atoms with E-state index in [1.807, 2.05) is 0 Å². The third-order valence-electron chi connectivity index (χ3n) is 4.29. The largest absolute Gasteiger partial charge is 0.451 e. The van der Waals surface area contributed by atoms with Crippen LogP contribution in [-0.2, 0) is 4.79 Å². The minimum absolute atomic E-state index is 0.00302. The summed E-state index contributed by atoms with van der Waals surface area (Å²) in [6.45, 7) is 6.97. The lowest BCUT2D eigenvalue weighted by molar-refractivity contribution is -0.113. The molecule has 0 bridgehead atoms. The highest BCUT2D eigenvalue weighted by Gasteiger charge is 2.22. The molecule has 2 aromatic heterocycles. The van der Waals surface area contributed by atoms with Crippen molar-refractivity contribution in [3.8, 4) is 0 Å². The van der Waals surface area contributed by atoms with Gasteiger partial charge in [0.05, 0.1) is 22.4 Å². The summed E-state index contributed by atoms with van der Waals surface area (Å²) in [7, 11) is 0. The van der Waals surface area contributed by atoms with Gasteiger partial charge in [-0.15, -0.1) is 0 Å². The molecule has 4 rings (SSSR count). The number of fused-ring (bicyclic) bond motifs is 1. The van der Waals surface area contributed by atoms with Gasteiger partial charge in [-0.2, -0.15) is 14.8 Å². The molecule has 1 aliphatic heterocycles. The van der Waals surface area contributed by atoms with Crippen LogP contribution < -0.4 is 10.7 Å². The molecule has 0 fully saturated rings. The molecule has 3 aromatic rings. The van der Waals surface area contributed by atoms with Crippen molar-refractivity contribution >= 4 is 40.3 Å². The molecule has 0 unspecified atom stereocenters. The normalized spacial score (nSPS) is 14.0. The highest BCUT2D eigenvalue weighted by molar-refractivity contribution is 6.28.